The topological polar surface area (TPSA) is 53.0 Å². The first-order valence-electron chi connectivity index (χ1n) is 5.83. The molecule has 1 aromatic rings. The smallest absolute Gasteiger partial charge is 0.101 e. The molecule has 4 heteroatoms. The van der Waals surface area contributed by atoms with Crippen LogP contribution >= 0.6 is 15.9 Å². The predicted molar refractivity (Wildman–Crippen MR) is 72.9 cm³/mol. The Hall–Kier alpha value is -1.05. The molecule has 2 N–H and O–H groups in total. The minimum absolute atomic E-state index is 0.291. The van der Waals surface area contributed by atoms with Gasteiger partial charge in [-0.15, -0.1) is 0 Å². The molecular formula is C13H16BrN3. The van der Waals surface area contributed by atoms with E-state index in [4.69, 9.17) is 11.0 Å². The molecule has 3 nitrogen and oxygen atoms in total. The highest BCUT2D eigenvalue weighted by Crippen LogP contribution is 2.29. The summed E-state index contributed by atoms with van der Waals surface area (Å²) in [6, 6.07) is 8.72. The average Bonchev–Trinajstić information content (AvgIpc) is 2.29. The molecule has 2 atom stereocenters. The van der Waals surface area contributed by atoms with Crippen molar-refractivity contribution in [1.29, 1.82) is 5.26 Å². The Morgan fingerprint density at radius 1 is 1.53 bits per heavy atom. The average molecular weight is 294 g/mol. The Labute approximate surface area is 110 Å². The van der Waals surface area contributed by atoms with Crippen molar-refractivity contribution in [2.45, 2.75) is 31.8 Å². The summed E-state index contributed by atoms with van der Waals surface area (Å²) in [6.45, 7) is 3.09. The number of nitrogens with zero attached hydrogens (tertiary/aromatic N) is 2. The van der Waals surface area contributed by atoms with Gasteiger partial charge in [0.15, 0.2) is 0 Å². The highest BCUT2D eigenvalue weighted by Gasteiger charge is 2.25. The Morgan fingerprint density at radius 2 is 2.29 bits per heavy atom. The first-order chi connectivity index (χ1) is 8.11. The second-order valence-electron chi connectivity index (χ2n) is 4.60. The molecule has 2 unspecified atom stereocenters. The van der Waals surface area contributed by atoms with Gasteiger partial charge in [0.05, 0.1) is 11.3 Å². The van der Waals surface area contributed by atoms with E-state index in [-0.39, 0.29) is 0 Å². The Bertz CT molecular complexity index is 452. The van der Waals surface area contributed by atoms with E-state index in [2.05, 4.69) is 33.8 Å². The van der Waals surface area contributed by atoms with Crippen molar-refractivity contribution in [1.82, 2.24) is 0 Å². The lowest BCUT2D eigenvalue weighted by atomic mass is 9.97. The van der Waals surface area contributed by atoms with Crippen LogP contribution in [0.3, 0.4) is 0 Å². The molecule has 0 aromatic heterocycles. The van der Waals surface area contributed by atoms with Gasteiger partial charge in [-0.2, -0.15) is 5.26 Å². The summed E-state index contributed by atoms with van der Waals surface area (Å²) in [6.07, 6.45) is 1.97. The van der Waals surface area contributed by atoms with E-state index >= 15 is 0 Å². The van der Waals surface area contributed by atoms with Gasteiger partial charge in [-0.25, -0.2) is 0 Å². The molecule has 0 spiro atoms. The SMILES string of the molecule is CC1CC(N)CCN1c1cc(Br)ccc1C#N. The highest BCUT2D eigenvalue weighted by atomic mass is 79.9. The molecule has 1 saturated heterocycles. The molecule has 0 aliphatic carbocycles. The summed E-state index contributed by atoms with van der Waals surface area (Å²) in [5, 5.41) is 9.16. The van der Waals surface area contributed by atoms with Gasteiger partial charge in [0.1, 0.15) is 6.07 Å². The van der Waals surface area contributed by atoms with Gasteiger partial charge >= 0.3 is 0 Å². The minimum atomic E-state index is 0.291. The number of halogens is 1. The van der Waals surface area contributed by atoms with Gasteiger partial charge in [-0.05, 0) is 38.0 Å². The Kier molecular flexibility index (Phi) is 3.70. The lowest BCUT2D eigenvalue weighted by molar-refractivity contribution is 0.429. The Morgan fingerprint density at radius 3 is 2.94 bits per heavy atom. The normalized spacial score (nSPS) is 24.5. The van der Waals surface area contributed by atoms with Crippen LogP contribution in [0.2, 0.25) is 0 Å². The number of anilines is 1. The van der Waals surface area contributed by atoms with E-state index in [9.17, 15) is 0 Å². The van der Waals surface area contributed by atoms with Gasteiger partial charge in [0, 0.05) is 23.1 Å². The number of nitrogens with two attached hydrogens (primary N) is 1. The summed E-state index contributed by atoms with van der Waals surface area (Å²) < 4.78 is 1.01. The van der Waals surface area contributed by atoms with Crippen LogP contribution in [0.4, 0.5) is 5.69 Å². The molecule has 90 valence electrons. The number of rotatable bonds is 1. The van der Waals surface area contributed by atoms with Gasteiger partial charge in [0.25, 0.3) is 0 Å². The number of piperidine rings is 1. The fraction of sp³-hybridized carbons (Fsp3) is 0.462. The molecule has 2 rings (SSSR count). The molecule has 1 aliphatic heterocycles. The largest absolute Gasteiger partial charge is 0.368 e. The maximum absolute atomic E-state index is 9.16. The maximum Gasteiger partial charge on any atom is 0.101 e. The second kappa shape index (κ2) is 5.07. The van der Waals surface area contributed by atoms with Gasteiger partial charge in [-0.3, -0.25) is 0 Å². The zero-order valence-corrected chi connectivity index (χ0v) is 11.4. The molecule has 1 aliphatic rings. The summed E-state index contributed by atoms with van der Waals surface area (Å²) in [7, 11) is 0. The third kappa shape index (κ3) is 2.62. The van der Waals surface area contributed by atoms with Crippen molar-refractivity contribution >= 4 is 21.6 Å². The fourth-order valence-electron chi connectivity index (χ4n) is 2.40. The van der Waals surface area contributed by atoms with E-state index in [1.807, 2.05) is 18.2 Å². The highest BCUT2D eigenvalue weighted by molar-refractivity contribution is 9.10. The zero-order valence-electron chi connectivity index (χ0n) is 9.86. The molecule has 1 heterocycles. The minimum Gasteiger partial charge on any atom is -0.368 e. The molecule has 0 saturated carbocycles. The number of nitriles is 1. The number of hydrogen-bond acceptors (Lipinski definition) is 3. The lowest BCUT2D eigenvalue weighted by Crippen LogP contribution is -2.45. The van der Waals surface area contributed by atoms with Crippen molar-refractivity contribution in [2.75, 3.05) is 11.4 Å². The van der Waals surface area contributed by atoms with E-state index in [1.54, 1.807) is 0 Å². The summed E-state index contributed by atoms with van der Waals surface area (Å²) in [5.74, 6) is 0. The standard InChI is InChI=1S/C13H16BrN3/c1-9-6-12(16)4-5-17(9)13-7-11(14)3-2-10(13)8-15/h2-3,7,9,12H,4-6,16H2,1H3. The monoisotopic (exact) mass is 293 g/mol. The summed E-state index contributed by atoms with van der Waals surface area (Å²) in [4.78, 5) is 2.28. The van der Waals surface area contributed by atoms with Gasteiger partial charge < -0.3 is 10.6 Å². The van der Waals surface area contributed by atoms with E-state index in [0.717, 1.165) is 35.1 Å². The fourth-order valence-corrected chi connectivity index (χ4v) is 2.75. The van der Waals surface area contributed by atoms with Crippen molar-refractivity contribution < 1.29 is 0 Å². The first kappa shape index (κ1) is 12.4. The van der Waals surface area contributed by atoms with E-state index in [1.165, 1.54) is 0 Å². The van der Waals surface area contributed by atoms with Crippen LogP contribution in [0, 0.1) is 11.3 Å². The third-order valence-electron chi connectivity index (χ3n) is 3.31. The molecule has 0 amide bonds. The van der Waals surface area contributed by atoms with Gasteiger partial charge in [0.2, 0.25) is 0 Å². The molecule has 1 fully saturated rings. The molecular weight excluding hydrogens is 278 g/mol. The number of benzene rings is 1. The second-order valence-corrected chi connectivity index (χ2v) is 5.52. The van der Waals surface area contributed by atoms with Crippen molar-refractivity contribution in [3.63, 3.8) is 0 Å². The third-order valence-corrected chi connectivity index (χ3v) is 3.80. The summed E-state index contributed by atoms with van der Waals surface area (Å²) in [5.41, 5.74) is 7.71. The van der Waals surface area contributed by atoms with Crippen molar-refractivity contribution in [3.05, 3.63) is 28.2 Å². The van der Waals surface area contributed by atoms with Gasteiger partial charge in [-0.1, -0.05) is 15.9 Å². The number of hydrogen-bond donors (Lipinski definition) is 1. The van der Waals surface area contributed by atoms with E-state index < -0.39 is 0 Å². The summed E-state index contributed by atoms with van der Waals surface area (Å²) >= 11 is 3.46. The Balaban J connectivity index is 2.33. The zero-order chi connectivity index (χ0) is 12.4. The first-order valence-corrected chi connectivity index (χ1v) is 6.63. The molecule has 17 heavy (non-hydrogen) atoms. The van der Waals surface area contributed by atoms with Crippen LogP contribution in [0.15, 0.2) is 22.7 Å². The molecule has 1 aromatic carbocycles. The predicted octanol–water partition coefficient (Wildman–Crippen LogP) is 2.64. The van der Waals surface area contributed by atoms with Crippen LogP contribution < -0.4 is 10.6 Å². The molecule has 0 bridgehead atoms. The van der Waals surface area contributed by atoms with Crippen LogP contribution in [-0.2, 0) is 0 Å². The molecule has 0 radical (unpaired) electrons. The van der Waals surface area contributed by atoms with Crippen LogP contribution in [0.1, 0.15) is 25.3 Å². The van der Waals surface area contributed by atoms with Crippen molar-refractivity contribution in [3.8, 4) is 6.07 Å². The van der Waals surface area contributed by atoms with E-state index in [0.29, 0.717) is 12.1 Å². The van der Waals surface area contributed by atoms with Crippen LogP contribution in [-0.4, -0.2) is 18.6 Å². The van der Waals surface area contributed by atoms with Crippen molar-refractivity contribution in [2.24, 2.45) is 5.73 Å². The van der Waals surface area contributed by atoms with Crippen LogP contribution in [0.25, 0.3) is 0 Å². The maximum atomic E-state index is 9.16. The quantitative estimate of drug-likeness (QED) is 0.866. The van der Waals surface area contributed by atoms with Crippen LogP contribution in [0.5, 0.6) is 0 Å². The lowest BCUT2D eigenvalue weighted by Gasteiger charge is -2.38.